The Labute approximate surface area is 124 Å². The highest BCUT2D eigenvalue weighted by atomic mass is 14.9. The molecule has 0 bridgehead atoms. The van der Waals surface area contributed by atoms with Gasteiger partial charge < -0.3 is 10.6 Å². The first-order chi connectivity index (χ1) is 10.3. The van der Waals surface area contributed by atoms with Gasteiger partial charge in [0.25, 0.3) is 0 Å². The van der Waals surface area contributed by atoms with Gasteiger partial charge in [-0.3, -0.25) is 0 Å². The second kappa shape index (κ2) is 7.57. The van der Waals surface area contributed by atoms with Crippen LogP contribution in [0.4, 0.5) is 11.4 Å². The fourth-order valence-electron chi connectivity index (χ4n) is 2.00. The first kappa shape index (κ1) is 14.4. The zero-order chi connectivity index (χ0) is 14.9. The Hall–Kier alpha value is -2.98. The lowest BCUT2D eigenvalue weighted by Crippen LogP contribution is -1.99. The molecule has 104 valence electrons. The lowest BCUT2D eigenvalue weighted by molar-refractivity contribution is 1.19. The van der Waals surface area contributed by atoms with Crippen LogP contribution in [0.3, 0.4) is 0 Å². The molecular weight excluding hydrogens is 260 g/mol. The van der Waals surface area contributed by atoms with E-state index in [2.05, 4.69) is 47.0 Å². The third kappa shape index (κ3) is 4.56. The van der Waals surface area contributed by atoms with Gasteiger partial charge in [-0.2, -0.15) is 10.5 Å². The summed E-state index contributed by atoms with van der Waals surface area (Å²) in [5.74, 6) is 0. The molecule has 2 N–H and O–H groups in total. The average Bonchev–Trinajstić information content (AvgIpc) is 2.53. The second-order valence-electron chi connectivity index (χ2n) is 4.59. The van der Waals surface area contributed by atoms with Gasteiger partial charge in [-0.1, -0.05) is 24.3 Å². The minimum atomic E-state index is 0.316. The second-order valence-corrected chi connectivity index (χ2v) is 4.59. The normalized spacial score (nSPS) is 9.43. The maximum atomic E-state index is 8.52. The molecule has 0 aromatic heterocycles. The molecule has 0 atom stereocenters. The molecule has 0 spiro atoms. The van der Waals surface area contributed by atoms with Crippen LogP contribution >= 0.6 is 0 Å². The summed E-state index contributed by atoms with van der Waals surface area (Å²) >= 11 is 0. The Morgan fingerprint density at radius 2 is 1.05 bits per heavy atom. The van der Waals surface area contributed by atoms with Crippen LogP contribution in [0, 0.1) is 22.7 Å². The molecule has 0 aliphatic carbocycles. The minimum absolute atomic E-state index is 0.316. The van der Waals surface area contributed by atoms with E-state index < -0.39 is 0 Å². The van der Waals surface area contributed by atoms with Crippen LogP contribution in [-0.2, 0) is 6.42 Å². The van der Waals surface area contributed by atoms with Crippen molar-refractivity contribution in [3.63, 3.8) is 0 Å². The van der Waals surface area contributed by atoms with Crippen LogP contribution in [0.2, 0.25) is 0 Å². The summed E-state index contributed by atoms with van der Waals surface area (Å²) in [6.45, 7) is 0.632. The standard InChI is InChI=1S/C17H16N4/c18-9-11-20-16-5-1-14(2-6-16)13-15-3-7-17(8-4-15)21-12-10-19/h1-8,20-21H,11-13H2. The quantitative estimate of drug-likeness (QED) is 0.795. The van der Waals surface area contributed by atoms with Gasteiger partial charge in [0, 0.05) is 11.4 Å². The molecule has 4 heteroatoms. The van der Waals surface area contributed by atoms with Crippen molar-refractivity contribution in [3.05, 3.63) is 59.7 Å². The molecule has 2 aromatic rings. The van der Waals surface area contributed by atoms with E-state index in [0.717, 1.165) is 17.8 Å². The zero-order valence-electron chi connectivity index (χ0n) is 11.6. The van der Waals surface area contributed by atoms with E-state index in [4.69, 9.17) is 10.5 Å². The Balaban J connectivity index is 1.95. The topological polar surface area (TPSA) is 71.6 Å². The molecule has 2 rings (SSSR count). The predicted octanol–water partition coefficient (Wildman–Crippen LogP) is 3.15. The number of hydrogen-bond donors (Lipinski definition) is 2. The molecule has 0 amide bonds. The third-order valence-corrected chi connectivity index (χ3v) is 3.06. The average molecular weight is 276 g/mol. The number of nitrogens with zero attached hydrogens (tertiary/aromatic N) is 2. The third-order valence-electron chi connectivity index (χ3n) is 3.06. The molecule has 0 radical (unpaired) electrons. The van der Waals surface area contributed by atoms with Gasteiger partial charge in [-0.05, 0) is 41.8 Å². The lowest BCUT2D eigenvalue weighted by atomic mass is 10.0. The van der Waals surface area contributed by atoms with E-state index in [1.54, 1.807) is 0 Å². The number of nitriles is 2. The maximum Gasteiger partial charge on any atom is 0.103 e. The molecule has 0 heterocycles. The van der Waals surface area contributed by atoms with Crippen molar-refractivity contribution in [2.75, 3.05) is 23.7 Å². The van der Waals surface area contributed by atoms with Crippen LogP contribution in [-0.4, -0.2) is 13.1 Å². The van der Waals surface area contributed by atoms with Gasteiger partial charge in [0.05, 0.1) is 12.1 Å². The SMILES string of the molecule is N#CCNc1ccc(Cc2ccc(NCC#N)cc2)cc1. The first-order valence-electron chi connectivity index (χ1n) is 6.71. The van der Waals surface area contributed by atoms with Crippen molar-refractivity contribution in [1.82, 2.24) is 0 Å². The summed E-state index contributed by atoms with van der Waals surface area (Å²) < 4.78 is 0. The number of rotatable bonds is 6. The smallest absolute Gasteiger partial charge is 0.103 e. The molecular formula is C17H16N4. The van der Waals surface area contributed by atoms with Crippen molar-refractivity contribution >= 4 is 11.4 Å². The van der Waals surface area contributed by atoms with Crippen molar-refractivity contribution in [2.24, 2.45) is 0 Å². The molecule has 21 heavy (non-hydrogen) atoms. The first-order valence-corrected chi connectivity index (χ1v) is 6.71. The fraction of sp³-hybridized carbons (Fsp3) is 0.176. The lowest BCUT2D eigenvalue weighted by Gasteiger charge is -2.06. The Kier molecular flexibility index (Phi) is 5.20. The molecule has 2 aromatic carbocycles. The Morgan fingerprint density at radius 3 is 1.38 bits per heavy atom. The highest BCUT2D eigenvalue weighted by molar-refractivity contribution is 5.48. The molecule has 0 aliphatic heterocycles. The number of nitrogens with one attached hydrogen (secondary N) is 2. The number of anilines is 2. The van der Waals surface area contributed by atoms with Crippen LogP contribution in [0.25, 0.3) is 0 Å². The van der Waals surface area contributed by atoms with Gasteiger partial charge in [-0.15, -0.1) is 0 Å². The predicted molar refractivity (Wildman–Crippen MR) is 83.9 cm³/mol. The van der Waals surface area contributed by atoms with E-state index in [1.807, 2.05) is 24.3 Å². The van der Waals surface area contributed by atoms with Crippen LogP contribution < -0.4 is 10.6 Å². The molecule has 0 fully saturated rings. The van der Waals surface area contributed by atoms with Crippen LogP contribution in [0.5, 0.6) is 0 Å². The summed E-state index contributed by atoms with van der Waals surface area (Å²) in [5, 5.41) is 23.1. The number of hydrogen-bond acceptors (Lipinski definition) is 4. The summed E-state index contributed by atoms with van der Waals surface area (Å²) in [4.78, 5) is 0. The summed E-state index contributed by atoms with van der Waals surface area (Å²) in [6.07, 6.45) is 0.858. The molecule has 0 saturated carbocycles. The van der Waals surface area contributed by atoms with E-state index in [1.165, 1.54) is 11.1 Å². The van der Waals surface area contributed by atoms with E-state index >= 15 is 0 Å². The monoisotopic (exact) mass is 276 g/mol. The molecule has 0 saturated heterocycles. The molecule has 0 unspecified atom stereocenters. The van der Waals surface area contributed by atoms with Crippen molar-refractivity contribution in [3.8, 4) is 12.1 Å². The van der Waals surface area contributed by atoms with Crippen LogP contribution in [0.15, 0.2) is 48.5 Å². The van der Waals surface area contributed by atoms with Crippen molar-refractivity contribution in [1.29, 1.82) is 10.5 Å². The number of benzene rings is 2. The zero-order valence-corrected chi connectivity index (χ0v) is 11.6. The van der Waals surface area contributed by atoms with Gasteiger partial charge in [0.1, 0.15) is 13.1 Å². The summed E-state index contributed by atoms with van der Waals surface area (Å²) in [5.41, 5.74) is 4.35. The van der Waals surface area contributed by atoms with Crippen LogP contribution in [0.1, 0.15) is 11.1 Å². The van der Waals surface area contributed by atoms with Gasteiger partial charge in [-0.25, -0.2) is 0 Å². The minimum Gasteiger partial charge on any atom is -0.372 e. The largest absolute Gasteiger partial charge is 0.372 e. The fourth-order valence-corrected chi connectivity index (χ4v) is 2.00. The Bertz CT molecular complexity index is 586. The van der Waals surface area contributed by atoms with Gasteiger partial charge in [0.2, 0.25) is 0 Å². The molecule has 0 aliphatic rings. The van der Waals surface area contributed by atoms with Crippen molar-refractivity contribution < 1.29 is 0 Å². The van der Waals surface area contributed by atoms with Crippen molar-refractivity contribution in [2.45, 2.75) is 6.42 Å². The highest BCUT2D eigenvalue weighted by Crippen LogP contribution is 2.15. The highest BCUT2D eigenvalue weighted by Gasteiger charge is 1.98. The van der Waals surface area contributed by atoms with E-state index in [9.17, 15) is 0 Å². The maximum absolute atomic E-state index is 8.52. The summed E-state index contributed by atoms with van der Waals surface area (Å²) in [7, 11) is 0. The van der Waals surface area contributed by atoms with E-state index in [-0.39, 0.29) is 0 Å². The summed E-state index contributed by atoms with van der Waals surface area (Å²) in [6, 6.07) is 20.3. The van der Waals surface area contributed by atoms with Gasteiger partial charge in [0.15, 0.2) is 0 Å². The molecule has 4 nitrogen and oxygen atoms in total. The van der Waals surface area contributed by atoms with E-state index in [0.29, 0.717) is 13.1 Å². The Morgan fingerprint density at radius 1 is 0.667 bits per heavy atom. The van der Waals surface area contributed by atoms with Gasteiger partial charge >= 0.3 is 0 Å².